The van der Waals surface area contributed by atoms with E-state index in [0.29, 0.717) is 10.5 Å². The number of carbonyl (C=O) groups excluding carboxylic acids is 1. The van der Waals surface area contributed by atoms with Gasteiger partial charge in [-0.2, -0.15) is 9.50 Å². The van der Waals surface area contributed by atoms with Gasteiger partial charge in [0.1, 0.15) is 6.54 Å². The number of nitrogens with zero attached hydrogens (tertiary/aromatic N) is 4. The monoisotopic (exact) mass is 445 g/mol. The summed E-state index contributed by atoms with van der Waals surface area (Å²) < 4.78 is 8.31. The third-order valence-electron chi connectivity index (χ3n) is 5.53. The summed E-state index contributed by atoms with van der Waals surface area (Å²) in [5, 5.41) is 7.58. The summed E-state index contributed by atoms with van der Waals surface area (Å²) in [5.41, 5.74) is 1.44. The molecule has 1 atom stereocenters. The summed E-state index contributed by atoms with van der Waals surface area (Å²) in [6, 6.07) is 0. The number of esters is 1. The number of fused-ring (bicyclic) bond motifs is 3. The van der Waals surface area contributed by atoms with Crippen molar-refractivity contribution in [2.75, 3.05) is 20.2 Å². The number of nitrogens with one attached hydrogen (secondary N) is 1. The highest BCUT2D eigenvalue weighted by Crippen LogP contribution is 2.49. The molecule has 1 aliphatic carbocycles. The summed E-state index contributed by atoms with van der Waals surface area (Å²) >= 11 is 3.25. The summed E-state index contributed by atoms with van der Waals surface area (Å²) in [7, 11) is 1.36. The molecule has 1 unspecified atom stereocenters. The Hall–Kier alpha value is -1.45. The highest BCUT2D eigenvalue weighted by atomic mass is 79.9. The Morgan fingerprint density at radius 1 is 1.42 bits per heavy atom. The predicted octanol–water partition coefficient (Wildman–Crippen LogP) is 1.38. The first kappa shape index (κ1) is 19.3. The maximum atomic E-state index is 13.2. The van der Waals surface area contributed by atoms with Gasteiger partial charge >= 0.3 is 5.97 Å². The molecular weight excluding hydrogens is 426 g/mol. The second kappa shape index (κ2) is 6.94. The fraction of sp³-hybridized carbons (Fsp3) is 0.625. The molecule has 26 heavy (non-hydrogen) atoms. The largest absolute Gasteiger partial charge is 0.468 e. The smallest absolute Gasteiger partial charge is 0.325 e. The Kier molecular flexibility index (Phi) is 5.15. The normalized spacial score (nSPS) is 20.8. The van der Waals surface area contributed by atoms with E-state index in [4.69, 9.17) is 4.74 Å². The molecule has 1 fully saturated rings. The highest BCUT2D eigenvalue weighted by molar-refractivity contribution is 9.10. The predicted molar refractivity (Wildman–Crippen MR) is 101 cm³/mol. The van der Waals surface area contributed by atoms with Crippen LogP contribution in [0.3, 0.4) is 0 Å². The van der Waals surface area contributed by atoms with Crippen LogP contribution in [-0.4, -0.2) is 45.3 Å². The van der Waals surface area contributed by atoms with Gasteiger partial charge in [-0.1, -0.05) is 6.92 Å². The van der Waals surface area contributed by atoms with Crippen molar-refractivity contribution in [3.05, 3.63) is 26.3 Å². The van der Waals surface area contributed by atoms with Crippen LogP contribution in [0.15, 0.2) is 9.53 Å². The molecule has 3 heterocycles. The van der Waals surface area contributed by atoms with Gasteiger partial charge in [0.15, 0.2) is 0 Å². The molecule has 0 aromatic carbocycles. The van der Waals surface area contributed by atoms with Crippen LogP contribution < -0.4 is 10.9 Å². The van der Waals surface area contributed by atoms with Gasteiger partial charge in [-0.3, -0.25) is 9.59 Å². The molecule has 1 saturated heterocycles. The molecule has 2 aromatic heterocycles. The molecule has 1 spiro atoms. The van der Waals surface area contributed by atoms with Gasteiger partial charge < -0.3 is 14.6 Å². The first-order valence-corrected chi connectivity index (χ1v) is 9.23. The molecule has 0 amide bonds. The van der Waals surface area contributed by atoms with Crippen molar-refractivity contribution in [2.45, 2.75) is 44.1 Å². The number of methoxy groups -OCH3 is 1. The number of ether oxygens (including phenoxy) is 1. The van der Waals surface area contributed by atoms with Crippen molar-refractivity contribution in [1.29, 1.82) is 0 Å². The second-order valence-electron chi connectivity index (χ2n) is 6.96. The third kappa shape index (κ3) is 2.76. The van der Waals surface area contributed by atoms with Crippen LogP contribution in [0.2, 0.25) is 0 Å². The van der Waals surface area contributed by atoms with E-state index in [9.17, 15) is 9.59 Å². The van der Waals surface area contributed by atoms with Gasteiger partial charge in [-0.25, -0.2) is 0 Å². The van der Waals surface area contributed by atoms with E-state index in [1.807, 2.05) is 4.57 Å². The number of rotatable bonds is 2. The summed E-state index contributed by atoms with van der Waals surface area (Å²) in [5.74, 6) is 0.176. The van der Waals surface area contributed by atoms with Crippen LogP contribution in [0.25, 0.3) is 5.78 Å². The lowest BCUT2D eigenvalue weighted by molar-refractivity contribution is -0.141. The Morgan fingerprint density at radius 2 is 2.12 bits per heavy atom. The first-order valence-electron chi connectivity index (χ1n) is 8.44. The Labute approximate surface area is 164 Å². The number of piperidine rings is 1. The Morgan fingerprint density at radius 3 is 2.77 bits per heavy atom. The zero-order valence-electron chi connectivity index (χ0n) is 14.6. The van der Waals surface area contributed by atoms with Crippen molar-refractivity contribution in [3.8, 4) is 0 Å². The maximum absolute atomic E-state index is 13.2. The molecule has 2 aromatic rings. The first-order chi connectivity index (χ1) is 12.0. The standard InChI is InChI=1S/C16H20BrN5O3.ClH/c1-9-7-16(3-5-18-6-4-16)11-12(9)21(8-10(23)25-2)15-19-14(17)20-22(15)13(11)24;/h9,18H,3-8H2,1-2H3;1H. The number of aromatic nitrogens is 4. The lowest BCUT2D eigenvalue weighted by atomic mass is 9.74. The zero-order chi connectivity index (χ0) is 17.8. The van der Waals surface area contributed by atoms with Gasteiger partial charge in [-0.15, -0.1) is 17.5 Å². The molecule has 1 aliphatic heterocycles. The SMILES string of the molecule is COC(=O)Cn1c2c(c(=O)n3nc(Br)nc13)C1(CCNCC1)CC2C.Cl. The molecule has 8 nitrogen and oxygen atoms in total. The molecule has 4 rings (SSSR count). The van der Waals surface area contributed by atoms with Crippen LogP contribution >= 0.6 is 28.3 Å². The van der Waals surface area contributed by atoms with Crippen LogP contribution in [0, 0.1) is 0 Å². The lowest BCUT2D eigenvalue weighted by Gasteiger charge is -2.34. The summed E-state index contributed by atoms with van der Waals surface area (Å²) in [6.07, 6.45) is 2.74. The molecule has 10 heteroatoms. The van der Waals surface area contributed by atoms with Gasteiger partial charge in [0.25, 0.3) is 5.56 Å². The van der Waals surface area contributed by atoms with Gasteiger partial charge in [0.05, 0.1) is 7.11 Å². The van der Waals surface area contributed by atoms with Crippen molar-refractivity contribution >= 4 is 40.1 Å². The number of carbonyl (C=O) groups is 1. The van der Waals surface area contributed by atoms with Crippen molar-refractivity contribution in [2.24, 2.45) is 0 Å². The molecule has 0 bridgehead atoms. The van der Waals surface area contributed by atoms with Crippen LogP contribution in [0.4, 0.5) is 0 Å². The average Bonchev–Trinajstić information content (AvgIpc) is 3.11. The number of hydrogen-bond donors (Lipinski definition) is 1. The van der Waals surface area contributed by atoms with Gasteiger partial charge in [0.2, 0.25) is 10.5 Å². The highest BCUT2D eigenvalue weighted by Gasteiger charge is 2.47. The minimum Gasteiger partial charge on any atom is -0.468 e. The minimum atomic E-state index is -0.370. The minimum absolute atomic E-state index is 0. The quantitative estimate of drug-likeness (QED) is 0.701. The molecule has 0 saturated carbocycles. The second-order valence-corrected chi connectivity index (χ2v) is 7.67. The van der Waals surface area contributed by atoms with E-state index in [1.54, 1.807) is 0 Å². The van der Waals surface area contributed by atoms with Crippen molar-refractivity contribution in [3.63, 3.8) is 0 Å². The van der Waals surface area contributed by atoms with Crippen molar-refractivity contribution in [1.82, 2.24) is 24.5 Å². The molecule has 142 valence electrons. The van der Waals surface area contributed by atoms with E-state index in [2.05, 4.69) is 38.3 Å². The van der Waals surface area contributed by atoms with Gasteiger partial charge in [0, 0.05) is 16.7 Å². The molecule has 2 aliphatic rings. The Balaban J connectivity index is 0.00000196. The Bertz CT molecular complexity index is 919. The maximum Gasteiger partial charge on any atom is 0.325 e. The summed E-state index contributed by atoms with van der Waals surface area (Å²) in [4.78, 5) is 29.6. The van der Waals surface area contributed by atoms with E-state index in [1.165, 1.54) is 11.6 Å². The van der Waals surface area contributed by atoms with Crippen LogP contribution in [-0.2, 0) is 21.5 Å². The van der Waals surface area contributed by atoms with Crippen LogP contribution in [0.5, 0.6) is 0 Å². The number of halogens is 2. The van der Waals surface area contributed by atoms with E-state index in [0.717, 1.165) is 43.6 Å². The molecular formula is C16H21BrClN5O3. The molecule has 0 radical (unpaired) electrons. The fourth-order valence-corrected chi connectivity index (χ4v) is 4.87. The van der Waals surface area contributed by atoms with E-state index >= 15 is 0 Å². The molecule has 1 N–H and O–H groups in total. The summed E-state index contributed by atoms with van der Waals surface area (Å²) in [6.45, 7) is 3.92. The number of hydrogen-bond acceptors (Lipinski definition) is 6. The topological polar surface area (TPSA) is 90.5 Å². The average molecular weight is 447 g/mol. The third-order valence-corrected chi connectivity index (χ3v) is 5.86. The van der Waals surface area contributed by atoms with Crippen molar-refractivity contribution < 1.29 is 9.53 Å². The van der Waals surface area contributed by atoms with Crippen LogP contribution in [0.1, 0.15) is 43.4 Å². The van der Waals surface area contributed by atoms with Gasteiger partial charge in [-0.05, 0) is 54.2 Å². The van der Waals surface area contributed by atoms with E-state index in [-0.39, 0.29) is 41.8 Å². The lowest BCUT2D eigenvalue weighted by Crippen LogP contribution is -2.42. The zero-order valence-corrected chi connectivity index (χ0v) is 17.0. The fourth-order valence-electron chi connectivity index (χ4n) is 4.55. The van der Waals surface area contributed by atoms with E-state index < -0.39 is 0 Å².